The van der Waals surface area contributed by atoms with Gasteiger partial charge in [-0.25, -0.2) is 4.79 Å². The SMILES string of the molecule is COCCC(NC(=O)C1=Cc2cccc(OC)c2OC1)C(=O)O. The Morgan fingerprint density at radius 3 is 2.83 bits per heavy atom. The molecule has 2 N–H and O–H groups in total. The van der Waals surface area contributed by atoms with Crippen molar-refractivity contribution in [3.63, 3.8) is 0 Å². The van der Waals surface area contributed by atoms with Crippen molar-refractivity contribution >= 4 is 18.0 Å². The lowest BCUT2D eigenvalue weighted by atomic mass is 10.1. The van der Waals surface area contributed by atoms with Gasteiger partial charge in [0.15, 0.2) is 11.5 Å². The number of carboxylic acid groups (broad SMARTS) is 1. The first-order valence-electron chi connectivity index (χ1n) is 7.09. The third-order valence-electron chi connectivity index (χ3n) is 3.44. The monoisotopic (exact) mass is 321 g/mol. The van der Waals surface area contributed by atoms with E-state index in [1.807, 2.05) is 0 Å². The number of hydrogen-bond donors (Lipinski definition) is 2. The second-order valence-corrected chi connectivity index (χ2v) is 4.98. The summed E-state index contributed by atoms with van der Waals surface area (Å²) in [5.41, 5.74) is 1.07. The summed E-state index contributed by atoms with van der Waals surface area (Å²) in [6.45, 7) is 0.294. The molecule has 7 heteroatoms. The van der Waals surface area contributed by atoms with Crippen molar-refractivity contribution in [2.75, 3.05) is 27.4 Å². The van der Waals surface area contributed by atoms with Crippen LogP contribution in [0.4, 0.5) is 0 Å². The van der Waals surface area contributed by atoms with Crippen LogP contribution in [-0.4, -0.2) is 50.5 Å². The summed E-state index contributed by atoms with van der Waals surface area (Å²) in [5, 5.41) is 11.6. The van der Waals surface area contributed by atoms with Crippen LogP contribution in [0.25, 0.3) is 6.08 Å². The summed E-state index contributed by atoms with van der Waals surface area (Å²) in [5.74, 6) is -0.417. The number of rotatable bonds is 7. The highest BCUT2D eigenvalue weighted by atomic mass is 16.5. The van der Waals surface area contributed by atoms with Gasteiger partial charge in [-0.3, -0.25) is 4.79 Å². The van der Waals surface area contributed by atoms with Crippen LogP contribution in [0.1, 0.15) is 12.0 Å². The van der Waals surface area contributed by atoms with E-state index in [4.69, 9.17) is 19.3 Å². The van der Waals surface area contributed by atoms with Crippen molar-refractivity contribution in [3.05, 3.63) is 29.3 Å². The quantitative estimate of drug-likeness (QED) is 0.780. The van der Waals surface area contributed by atoms with Gasteiger partial charge in [0.05, 0.1) is 12.7 Å². The molecule has 0 spiro atoms. The maximum atomic E-state index is 12.2. The molecule has 0 aromatic heterocycles. The summed E-state index contributed by atoms with van der Waals surface area (Å²) in [4.78, 5) is 23.4. The molecule has 1 aromatic rings. The molecule has 0 fully saturated rings. The summed E-state index contributed by atoms with van der Waals surface area (Å²) in [6.07, 6.45) is 1.86. The van der Waals surface area contributed by atoms with Gasteiger partial charge in [-0.2, -0.15) is 0 Å². The topological polar surface area (TPSA) is 94.1 Å². The van der Waals surface area contributed by atoms with Crippen LogP contribution in [0.3, 0.4) is 0 Å². The molecule has 0 bridgehead atoms. The Morgan fingerprint density at radius 2 is 2.17 bits per heavy atom. The van der Waals surface area contributed by atoms with Crippen LogP contribution in [0, 0.1) is 0 Å². The van der Waals surface area contributed by atoms with Gasteiger partial charge in [0.25, 0.3) is 5.91 Å². The minimum atomic E-state index is -1.10. The fourth-order valence-corrected chi connectivity index (χ4v) is 2.22. The maximum Gasteiger partial charge on any atom is 0.326 e. The Hall–Kier alpha value is -2.54. The maximum absolute atomic E-state index is 12.2. The molecular weight excluding hydrogens is 302 g/mol. The molecule has 2 rings (SSSR count). The van der Waals surface area contributed by atoms with Gasteiger partial charge in [0, 0.05) is 25.7 Å². The number of carbonyl (C=O) groups is 2. The van der Waals surface area contributed by atoms with Gasteiger partial charge < -0.3 is 24.6 Å². The first-order valence-corrected chi connectivity index (χ1v) is 7.09. The highest BCUT2D eigenvalue weighted by Gasteiger charge is 2.24. The van der Waals surface area contributed by atoms with Gasteiger partial charge in [0.2, 0.25) is 0 Å². The van der Waals surface area contributed by atoms with Crippen LogP contribution in [-0.2, 0) is 14.3 Å². The molecule has 0 saturated carbocycles. The zero-order chi connectivity index (χ0) is 16.8. The molecule has 1 heterocycles. The largest absolute Gasteiger partial charge is 0.493 e. The number of para-hydroxylation sites is 1. The highest BCUT2D eigenvalue weighted by molar-refractivity contribution is 6.01. The van der Waals surface area contributed by atoms with Gasteiger partial charge in [-0.15, -0.1) is 0 Å². The van der Waals surface area contributed by atoms with Crippen molar-refractivity contribution in [1.82, 2.24) is 5.32 Å². The van der Waals surface area contributed by atoms with Crippen LogP contribution in [0.15, 0.2) is 23.8 Å². The molecule has 7 nitrogen and oxygen atoms in total. The Labute approximate surface area is 133 Å². The minimum absolute atomic E-state index is 0.0514. The molecule has 23 heavy (non-hydrogen) atoms. The molecule has 0 aliphatic carbocycles. The fraction of sp³-hybridized carbons (Fsp3) is 0.375. The fourth-order valence-electron chi connectivity index (χ4n) is 2.22. The van der Waals surface area contributed by atoms with E-state index in [1.54, 1.807) is 24.3 Å². The number of carbonyl (C=O) groups excluding carboxylic acids is 1. The Morgan fingerprint density at radius 1 is 1.39 bits per heavy atom. The summed E-state index contributed by atoms with van der Waals surface area (Å²) in [7, 11) is 3.01. The highest BCUT2D eigenvalue weighted by Crippen LogP contribution is 2.35. The predicted octanol–water partition coefficient (Wildman–Crippen LogP) is 1.08. The van der Waals surface area contributed by atoms with Gasteiger partial charge in [-0.1, -0.05) is 12.1 Å². The third-order valence-corrected chi connectivity index (χ3v) is 3.44. The van der Waals surface area contributed by atoms with Crippen LogP contribution >= 0.6 is 0 Å². The summed E-state index contributed by atoms with van der Waals surface area (Å²) < 4.78 is 15.6. The van der Waals surface area contributed by atoms with E-state index >= 15 is 0 Å². The van der Waals surface area contributed by atoms with E-state index < -0.39 is 17.9 Å². The van der Waals surface area contributed by atoms with Crippen LogP contribution in [0.5, 0.6) is 11.5 Å². The number of methoxy groups -OCH3 is 2. The first kappa shape index (κ1) is 16.8. The summed E-state index contributed by atoms with van der Waals surface area (Å²) in [6, 6.07) is 4.35. The van der Waals surface area contributed by atoms with E-state index in [9.17, 15) is 9.59 Å². The minimum Gasteiger partial charge on any atom is -0.493 e. The zero-order valence-electron chi connectivity index (χ0n) is 13.0. The smallest absolute Gasteiger partial charge is 0.326 e. The Kier molecular flexibility index (Phi) is 5.59. The van der Waals surface area contributed by atoms with Crippen molar-refractivity contribution in [2.45, 2.75) is 12.5 Å². The van der Waals surface area contributed by atoms with Crippen LogP contribution in [0.2, 0.25) is 0 Å². The van der Waals surface area contributed by atoms with Crippen molar-refractivity contribution in [2.24, 2.45) is 0 Å². The van der Waals surface area contributed by atoms with Crippen molar-refractivity contribution in [3.8, 4) is 11.5 Å². The molecule has 1 aliphatic rings. The third kappa shape index (κ3) is 4.01. The van der Waals surface area contributed by atoms with Gasteiger partial charge in [0.1, 0.15) is 12.6 Å². The second-order valence-electron chi connectivity index (χ2n) is 4.98. The number of fused-ring (bicyclic) bond motifs is 1. The number of aliphatic carboxylic acids is 1. The van der Waals surface area contributed by atoms with E-state index in [0.29, 0.717) is 22.6 Å². The van der Waals surface area contributed by atoms with E-state index in [0.717, 1.165) is 0 Å². The number of carboxylic acids is 1. The Balaban J connectivity index is 2.13. The second kappa shape index (κ2) is 7.64. The number of hydrogen-bond acceptors (Lipinski definition) is 5. The number of amides is 1. The molecule has 0 radical (unpaired) electrons. The lowest BCUT2D eigenvalue weighted by Crippen LogP contribution is -2.43. The average molecular weight is 321 g/mol. The molecule has 1 aromatic carbocycles. The molecular formula is C16H19NO6. The standard InChI is InChI=1S/C16H19NO6/c1-21-7-6-12(16(19)20)17-15(18)11-8-10-4-3-5-13(22-2)14(10)23-9-11/h3-5,8,12H,6-7,9H2,1-2H3,(H,17,18)(H,19,20). The Bertz CT molecular complexity index is 625. The molecule has 0 saturated heterocycles. The first-order chi connectivity index (χ1) is 11.1. The molecule has 1 atom stereocenters. The average Bonchev–Trinajstić information content (AvgIpc) is 2.56. The molecule has 1 unspecified atom stereocenters. The van der Waals surface area contributed by atoms with Crippen LogP contribution < -0.4 is 14.8 Å². The van der Waals surface area contributed by atoms with E-state index in [2.05, 4.69) is 5.32 Å². The summed E-state index contributed by atoms with van der Waals surface area (Å²) >= 11 is 0. The number of benzene rings is 1. The normalized spacial score (nSPS) is 14.1. The molecule has 124 valence electrons. The molecule has 1 aliphatic heterocycles. The predicted molar refractivity (Wildman–Crippen MR) is 82.5 cm³/mol. The number of nitrogens with one attached hydrogen (secondary N) is 1. The van der Waals surface area contributed by atoms with Gasteiger partial charge >= 0.3 is 5.97 Å². The van der Waals surface area contributed by atoms with Crippen molar-refractivity contribution in [1.29, 1.82) is 0 Å². The van der Waals surface area contributed by atoms with E-state index in [1.165, 1.54) is 14.2 Å². The number of ether oxygens (including phenoxy) is 3. The van der Waals surface area contributed by atoms with Crippen molar-refractivity contribution < 1.29 is 28.9 Å². The lowest BCUT2D eigenvalue weighted by molar-refractivity contribution is -0.141. The molecule has 1 amide bonds. The van der Waals surface area contributed by atoms with Gasteiger partial charge in [-0.05, 0) is 12.1 Å². The van der Waals surface area contributed by atoms with E-state index in [-0.39, 0.29) is 19.6 Å². The lowest BCUT2D eigenvalue weighted by Gasteiger charge is -2.21. The zero-order valence-corrected chi connectivity index (χ0v) is 13.0.